The molecule has 7 nitrogen and oxygen atoms in total. The van der Waals surface area contributed by atoms with Crippen LogP contribution in [0.5, 0.6) is 11.6 Å². The lowest BCUT2D eigenvalue weighted by Gasteiger charge is -2.09. The Morgan fingerprint density at radius 1 is 1.00 bits per heavy atom. The van der Waals surface area contributed by atoms with Gasteiger partial charge in [-0.15, -0.1) is 0 Å². The average Bonchev–Trinajstić information content (AvgIpc) is 3.37. The molecule has 2 aromatic heterocycles. The molecule has 35 heavy (non-hydrogen) atoms. The van der Waals surface area contributed by atoms with E-state index >= 15 is 0 Å². The molecular weight excluding hydrogens is 508 g/mol. The van der Waals surface area contributed by atoms with E-state index < -0.39 is 27.2 Å². The van der Waals surface area contributed by atoms with Crippen LogP contribution in [0.1, 0.15) is 15.9 Å². The molecule has 0 atom stereocenters. The Kier molecular flexibility index (Phi) is 5.63. The van der Waals surface area contributed by atoms with Gasteiger partial charge in [-0.2, -0.15) is 0 Å². The van der Waals surface area contributed by atoms with E-state index in [9.17, 15) is 23.4 Å². The van der Waals surface area contributed by atoms with Gasteiger partial charge in [-0.1, -0.05) is 65.4 Å². The third kappa shape index (κ3) is 4.07. The highest BCUT2D eigenvalue weighted by molar-refractivity contribution is 7.90. The number of benzene rings is 3. The van der Waals surface area contributed by atoms with E-state index in [1.807, 2.05) is 0 Å². The van der Waals surface area contributed by atoms with Crippen molar-refractivity contribution in [2.45, 2.75) is 4.90 Å². The lowest BCUT2D eigenvalue weighted by Crippen LogP contribution is -2.04. The number of nitrogens with zero attached hydrogens (tertiary/aromatic N) is 2. The number of ketones is 1. The topological polar surface area (TPSA) is 109 Å². The van der Waals surface area contributed by atoms with Crippen molar-refractivity contribution >= 4 is 48.8 Å². The summed E-state index contributed by atoms with van der Waals surface area (Å²) in [6.07, 6.45) is 1.12. The third-order valence-electron chi connectivity index (χ3n) is 5.47. The summed E-state index contributed by atoms with van der Waals surface area (Å²) in [5.74, 6) is -1.63. The summed E-state index contributed by atoms with van der Waals surface area (Å²) >= 11 is 7.18. The van der Waals surface area contributed by atoms with E-state index in [4.69, 9.17) is 11.6 Å². The first kappa shape index (κ1) is 23.1. The molecule has 0 bridgehead atoms. The molecular formula is C25H17ClN2O5S2. The normalized spacial score (nSPS) is 11.7. The molecule has 0 fully saturated rings. The summed E-state index contributed by atoms with van der Waals surface area (Å²) in [5.41, 5.74) is 1.49. The molecule has 0 spiro atoms. The molecule has 176 valence electrons. The van der Waals surface area contributed by atoms with Gasteiger partial charge in [0.05, 0.1) is 26.4 Å². The van der Waals surface area contributed by atoms with E-state index in [0.29, 0.717) is 26.4 Å². The summed E-state index contributed by atoms with van der Waals surface area (Å²) in [7, 11) is -3.43. The van der Waals surface area contributed by atoms with E-state index in [1.165, 1.54) is 16.7 Å². The van der Waals surface area contributed by atoms with Crippen molar-refractivity contribution in [3.63, 3.8) is 0 Å². The van der Waals surface area contributed by atoms with Gasteiger partial charge in [0.1, 0.15) is 0 Å². The quantitative estimate of drug-likeness (QED) is 0.296. The number of carbonyl (C=O) groups excluding carboxylic acids is 1. The zero-order valence-corrected chi connectivity index (χ0v) is 20.5. The molecule has 0 saturated heterocycles. The fourth-order valence-electron chi connectivity index (χ4n) is 3.78. The van der Waals surface area contributed by atoms with Crippen LogP contribution in [0.2, 0.25) is 5.02 Å². The number of rotatable bonds is 5. The molecule has 0 aliphatic heterocycles. The van der Waals surface area contributed by atoms with Gasteiger partial charge in [0.2, 0.25) is 5.88 Å². The Morgan fingerprint density at radius 3 is 2.34 bits per heavy atom. The number of hydrogen-bond acceptors (Lipinski definition) is 7. The fourth-order valence-corrected chi connectivity index (χ4v) is 5.64. The Balaban J connectivity index is 1.79. The minimum atomic E-state index is -3.43. The number of halogens is 1. The Labute approximate surface area is 209 Å². The molecule has 0 aliphatic rings. The Bertz CT molecular complexity index is 1710. The minimum Gasteiger partial charge on any atom is -0.503 e. The molecule has 5 aromatic rings. The van der Waals surface area contributed by atoms with Crippen LogP contribution in [0, 0.1) is 0 Å². The van der Waals surface area contributed by atoms with E-state index in [0.717, 1.165) is 17.6 Å². The largest absolute Gasteiger partial charge is 0.503 e. The van der Waals surface area contributed by atoms with Crippen molar-refractivity contribution in [2.75, 3.05) is 6.26 Å². The zero-order chi connectivity index (χ0) is 24.9. The minimum absolute atomic E-state index is 0.0906. The standard InChI is InChI=1S/C25H17ClN2O5S2/c1-35(32,33)17-11-12-18-19(13-17)34-25(27-18)28-21(14-7-9-16(26)10-8-14)20(23(30)24(28)31)22(29)15-5-3-2-4-6-15/h2-13,30-31H,1H3. The van der Waals surface area contributed by atoms with Crippen molar-refractivity contribution < 1.29 is 23.4 Å². The number of fused-ring (bicyclic) bond motifs is 1. The average molecular weight is 525 g/mol. The maximum absolute atomic E-state index is 13.5. The second-order valence-electron chi connectivity index (χ2n) is 7.83. The van der Waals surface area contributed by atoms with Gasteiger partial charge >= 0.3 is 0 Å². The van der Waals surface area contributed by atoms with Gasteiger partial charge in [-0.3, -0.25) is 9.36 Å². The summed E-state index contributed by atoms with van der Waals surface area (Å²) in [4.78, 5) is 18.1. The van der Waals surface area contributed by atoms with Gasteiger partial charge in [-0.05, 0) is 35.9 Å². The molecule has 2 heterocycles. The first-order valence-corrected chi connectivity index (χ1v) is 13.4. The van der Waals surface area contributed by atoms with Crippen molar-refractivity contribution in [1.82, 2.24) is 9.55 Å². The highest BCUT2D eigenvalue weighted by Crippen LogP contribution is 2.45. The van der Waals surface area contributed by atoms with E-state index in [1.54, 1.807) is 60.7 Å². The number of hydrogen-bond donors (Lipinski definition) is 2. The number of sulfone groups is 1. The summed E-state index contributed by atoms with van der Waals surface area (Å²) < 4.78 is 25.8. The summed E-state index contributed by atoms with van der Waals surface area (Å²) in [6, 6.07) is 19.6. The molecule has 0 saturated carbocycles. The summed E-state index contributed by atoms with van der Waals surface area (Å²) in [5, 5.41) is 22.6. The lowest BCUT2D eigenvalue weighted by molar-refractivity contribution is 0.103. The van der Waals surface area contributed by atoms with Crippen molar-refractivity contribution in [2.24, 2.45) is 0 Å². The van der Waals surface area contributed by atoms with Gasteiger partial charge in [-0.25, -0.2) is 13.4 Å². The molecule has 10 heteroatoms. The molecule has 3 aromatic carbocycles. The lowest BCUT2D eigenvalue weighted by atomic mass is 9.99. The Morgan fingerprint density at radius 2 is 1.69 bits per heavy atom. The second-order valence-corrected chi connectivity index (χ2v) is 11.3. The van der Waals surface area contributed by atoms with Gasteiger partial charge in [0, 0.05) is 16.8 Å². The van der Waals surface area contributed by atoms with Crippen molar-refractivity contribution in [3.8, 4) is 28.0 Å². The van der Waals surface area contributed by atoms with Gasteiger partial charge in [0.15, 0.2) is 26.5 Å². The first-order valence-electron chi connectivity index (χ1n) is 10.3. The van der Waals surface area contributed by atoms with E-state index in [2.05, 4.69) is 4.98 Å². The van der Waals surface area contributed by atoms with Crippen LogP contribution in [-0.2, 0) is 9.84 Å². The fraction of sp³-hybridized carbons (Fsp3) is 0.0400. The predicted molar refractivity (Wildman–Crippen MR) is 136 cm³/mol. The number of aromatic nitrogens is 2. The van der Waals surface area contributed by atoms with E-state index in [-0.39, 0.29) is 21.3 Å². The summed E-state index contributed by atoms with van der Waals surface area (Å²) in [6.45, 7) is 0. The smallest absolute Gasteiger partial charge is 0.242 e. The third-order valence-corrected chi connectivity index (χ3v) is 7.84. The molecule has 0 amide bonds. The van der Waals surface area contributed by atoms with Crippen LogP contribution in [0.25, 0.3) is 26.6 Å². The van der Waals surface area contributed by atoms with Crippen molar-refractivity contribution in [1.29, 1.82) is 0 Å². The molecule has 2 N–H and O–H groups in total. The molecule has 0 aliphatic carbocycles. The molecule has 0 radical (unpaired) electrons. The van der Waals surface area contributed by atoms with Crippen LogP contribution in [-0.4, -0.2) is 40.2 Å². The highest BCUT2D eigenvalue weighted by atomic mass is 35.5. The molecule has 0 unspecified atom stereocenters. The van der Waals surface area contributed by atoms with Gasteiger partial charge in [0.25, 0.3) is 0 Å². The predicted octanol–water partition coefficient (Wildman–Crippen LogP) is 5.45. The maximum Gasteiger partial charge on any atom is 0.242 e. The van der Waals surface area contributed by atoms with Crippen LogP contribution >= 0.6 is 22.9 Å². The van der Waals surface area contributed by atoms with Crippen LogP contribution in [0.4, 0.5) is 0 Å². The van der Waals surface area contributed by atoms with Crippen LogP contribution < -0.4 is 0 Å². The van der Waals surface area contributed by atoms with Crippen LogP contribution in [0.3, 0.4) is 0 Å². The van der Waals surface area contributed by atoms with Crippen LogP contribution in [0.15, 0.2) is 77.7 Å². The first-order chi connectivity index (χ1) is 16.6. The highest BCUT2D eigenvalue weighted by Gasteiger charge is 2.31. The Hall–Kier alpha value is -3.66. The molecule has 5 rings (SSSR count). The van der Waals surface area contributed by atoms with Gasteiger partial charge < -0.3 is 10.2 Å². The zero-order valence-electron chi connectivity index (χ0n) is 18.1. The number of thiazole rings is 1. The SMILES string of the molecule is CS(=O)(=O)c1ccc2nc(-n3c(O)c(O)c(C(=O)c4ccccc4)c3-c3ccc(Cl)cc3)sc2c1. The number of carbonyl (C=O) groups is 1. The number of aromatic hydroxyl groups is 2. The monoisotopic (exact) mass is 524 g/mol. The maximum atomic E-state index is 13.5. The second kappa shape index (κ2) is 8.53. The van der Waals surface area contributed by atoms with Crippen molar-refractivity contribution in [3.05, 3.63) is 88.9 Å².